The van der Waals surface area contributed by atoms with Gasteiger partial charge in [0.25, 0.3) is 0 Å². The Morgan fingerprint density at radius 3 is 2.33 bits per heavy atom. The Labute approximate surface area is 58.1 Å². The van der Waals surface area contributed by atoms with Crippen LogP contribution in [-0.2, 0) is 30.8 Å². The molecule has 0 fully saturated rings. The molecule has 0 spiro atoms. The van der Waals surface area contributed by atoms with Crippen LogP contribution in [0.2, 0.25) is 0 Å². The van der Waals surface area contributed by atoms with Crippen LogP contribution < -0.4 is 0 Å². The van der Waals surface area contributed by atoms with Gasteiger partial charge in [-0.2, -0.15) is 0 Å². The highest BCUT2D eigenvalue weighted by Crippen LogP contribution is 1.97. The fourth-order valence-electron chi connectivity index (χ4n) is 0.0981. The SMILES string of the molecule is COS(=O)[N-]OS(C)=O. The summed E-state index contributed by atoms with van der Waals surface area (Å²) in [6.07, 6.45) is 1.26. The van der Waals surface area contributed by atoms with Crippen molar-refractivity contribution in [2.24, 2.45) is 0 Å². The highest BCUT2D eigenvalue weighted by atomic mass is 32.2. The zero-order valence-corrected chi connectivity index (χ0v) is 6.53. The third-order valence-corrected chi connectivity index (χ3v) is 1.20. The molecule has 0 N–H and O–H groups in total. The molecule has 0 saturated carbocycles. The van der Waals surface area contributed by atoms with Gasteiger partial charge in [-0.3, -0.25) is 4.21 Å². The lowest BCUT2D eigenvalue weighted by molar-refractivity contribution is 0.422. The van der Waals surface area contributed by atoms with Crippen LogP contribution in [0.5, 0.6) is 0 Å². The van der Waals surface area contributed by atoms with Gasteiger partial charge in [0.05, 0.1) is 18.4 Å². The van der Waals surface area contributed by atoms with E-state index in [2.05, 4.69) is 13.4 Å². The molecule has 2 unspecified atom stereocenters. The maximum absolute atomic E-state index is 10.2. The van der Waals surface area contributed by atoms with Gasteiger partial charge in [-0.25, -0.2) is 4.21 Å². The molecule has 0 radical (unpaired) electrons. The molecule has 5 nitrogen and oxygen atoms in total. The molecular formula is C2H6NO4S2-. The minimum absolute atomic E-state index is 1.20. The molecule has 0 heterocycles. The Hall–Kier alpha value is 0.180. The standard InChI is InChI=1S/C2H6NO4S2/c1-6-9(5)3-7-8(2)4/h1-2H3/q-1. The molecule has 0 rings (SSSR count). The first-order chi connectivity index (χ1) is 4.16. The van der Waals surface area contributed by atoms with Crippen molar-refractivity contribution in [3.8, 4) is 0 Å². The zero-order valence-electron chi connectivity index (χ0n) is 4.90. The summed E-state index contributed by atoms with van der Waals surface area (Å²) < 4.78 is 28.5. The van der Waals surface area contributed by atoms with Gasteiger partial charge in [-0.1, -0.05) is 0 Å². The van der Waals surface area contributed by atoms with Crippen LogP contribution in [0.25, 0.3) is 4.89 Å². The largest absolute Gasteiger partial charge is 0.408 e. The lowest BCUT2D eigenvalue weighted by atomic mass is 11.8. The van der Waals surface area contributed by atoms with E-state index in [1.807, 2.05) is 0 Å². The second-order valence-electron chi connectivity index (χ2n) is 0.934. The smallest absolute Gasteiger partial charge is 0.135 e. The number of rotatable bonds is 4. The maximum atomic E-state index is 10.2. The number of nitrogens with zero attached hydrogens (tertiary/aromatic N) is 1. The number of hydrogen-bond acceptors (Lipinski definition) is 4. The van der Waals surface area contributed by atoms with E-state index in [9.17, 15) is 8.42 Å². The Morgan fingerprint density at radius 1 is 1.44 bits per heavy atom. The van der Waals surface area contributed by atoms with Gasteiger partial charge in [-0.05, 0) is 0 Å². The highest BCUT2D eigenvalue weighted by molar-refractivity contribution is 7.84. The predicted molar refractivity (Wildman–Crippen MR) is 33.7 cm³/mol. The monoisotopic (exact) mass is 172 g/mol. The van der Waals surface area contributed by atoms with Gasteiger partial charge in [-0.15, -0.1) is 0 Å². The van der Waals surface area contributed by atoms with Crippen LogP contribution in [0.1, 0.15) is 0 Å². The average Bonchev–Trinajstić information content (AvgIpc) is 1.83. The summed E-state index contributed by atoms with van der Waals surface area (Å²) in [5.41, 5.74) is 0. The molecule has 0 amide bonds. The number of hydrogen-bond donors (Lipinski definition) is 0. The minimum atomic E-state index is -1.84. The lowest BCUT2D eigenvalue weighted by Crippen LogP contribution is -1.94. The van der Waals surface area contributed by atoms with Crippen LogP contribution in [0.15, 0.2) is 0 Å². The second-order valence-corrected chi connectivity index (χ2v) is 2.80. The van der Waals surface area contributed by atoms with Crippen molar-refractivity contribution in [2.75, 3.05) is 13.4 Å². The first-order valence-corrected chi connectivity index (χ1v) is 4.36. The Kier molecular flexibility index (Phi) is 5.10. The molecule has 7 heteroatoms. The summed E-state index contributed by atoms with van der Waals surface area (Å²) >= 11 is -3.37. The van der Waals surface area contributed by atoms with Crippen molar-refractivity contribution in [1.29, 1.82) is 0 Å². The summed E-state index contributed by atoms with van der Waals surface area (Å²) in [5.74, 6) is 0. The third-order valence-electron chi connectivity index (χ3n) is 0.339. The van der Waals surface area contributed by atoms with E-state index >= 15 is 0 Å². The van der Waals surface area contributed by atoms with Crippen LogP contribution in [0.3, 0.4) is 0 Å². The van der Waals surface area contributed by atoms with E-state index in [0.29, 0.717) is 0 Å². The molecule has 0 aliphatic rings. The predicted octanol–water partition coefficient (Wildman–Crippen LogP) is -0.190. The molecule has 0 aliphatic heterocycles. The summed E-state index contributed by atoms with van der Waals surface area (Å²) in [5, 5.41) is 0. The van der Waals surface area contributed by atoms with Crippen LogP contribution in [-0.4, -0.2) is 21.8 Å². The van der Waals surface area contributed by atoms with Gasteiger partial charge in [0.15, 0.2) is 0 Å². The van der Waals surface area contributed by atoms with E-state index in [-0.39, 0.29) is 0 Å². The summed E-state index contributed by atoms with van der Waals surface area (Å²) in [6, 6.07) is 0. The van der Waals surface area contributed by atoms with Crippen LogP contribution >= 0.6 is 0 Å². The van der Waals surface area contributed by atoms with Crippen molar-refractivity contribution < 1.29 is 16.9 Å². The Bertz CT molecular complexity index is 126. The van der Waals surface area contributed by atoms with Gasteiger partial charge >= 0.3 is 0 Å². The molecular weight excluding hydrogens is 166 g/mol. The first kappa shape index (κ1) is 9.18. The van der Waals surface area contributed by atoms with E-state index in [4.69, 9.17) is 0 Å². The first-order valence-electron chi connectivity index (χ1n) is 1.85. The van der Waals surface area contributed by atoms with E-state index in [1.54, 1.807) is 0 Å². The third kappa shape index (κ3) is 6.06. The molecule has 9 heavy (non-hydrogen) atoms. The van der Waals surface area contributed by atoms with Gasteiger partial charge in [0.1, 0.15) is 11.1 Å². The van der Waals surface area contributed by atoms with Gasteiger partial charge < -0.3 is 13.4 Å². The molecule has 0 aromatic carbocycles. The molecule has 0 bridgehead atoms. The van der Waals surface area contributed by atoms with Crippen molar-refractivity contribution in [2.45, 2.75) is 0 Å². The zero-order chi connectivity index (χ0) is 7.28. The van der Waals surface area contributed by atoms with Gasteiger partial charge in [0.2, 0.25) is 0 Å². The van der Waals surface area contributed by atoms with Crippen LogP contribution in [0.4, 0.5) is 0 Å². The fourth-order valence-corrected chi connectivity index (χ4v) is 0.701. The van der Waals surface area contributed by atoms with Gasteiger partial charge in [0, 0.05) is 6.26 Å². The molecule has 0 aliphatic carbocycles. The normalized spacial score (nSPS) is 17.1. The average molecular weight is 172 g/mol. The van der Waals surface area contributed by atoms with Crippen molar-refractivity contribution in [3.05, 3.63) is 4.89 Å². The van der Waals surface area contributed by atoms with E-state index in [0.717, 1.165) is 0 Å². The second kappa shape index (κ2) is 5.00. The fraction of sp³-hybridized carbons (Fsp3) is 1.00. The molecule has 0 aromatic rings. The van der Waals surface area contributed by atoms with Crippen molar-refractivity contribution in [1.82, 2.24) is 0 Å². The summed E-state index contributed by atoms with van der Waals surface area (Å²) in [6.45, 7) is 0. The quantitative estimate of drug-likeness (QED) is 0.551. The highest BCUT2D eigenvalue weighted by Gasteiger charge is 1.80. The Morgan fingerprint density at radius 2 is 2.00 bits per heavy atom. The van der Waals surface area contributed by atoms with Crippen molar-refractivity contribution in [3.63, 3.8) is 0 Å². The van der Waals surface area contributed by atoms with Crippen molar-refractivity contribution >= 4 is 22.3 Å². The van der Waals surface area contributed by atoms with E-state index in [1.165, 1.54) is 13.4 Å². The van der Waals surface area contributed by atoms with E-state index < -0.39 is 22.3 Å². The van der Waals surface area contributed by atoms with Crippen LogP contribution in [0, 0.1) is 0 Å². The molecule has 56 valence electrons. The Balaban J connectivity index is 3.28. The molecule has 0 saturated heterocycles. The molecule has 0 aromatic heterocycles. The summed E-state index contributed by atoms with van der Waals surface area (Å²) in [4.78, 5) is 2.89. The lowest BCUT2D eigenvalue weighted by Gasteiger charge is -2.13. The summed E-state index contributed by atoms with van der Waals surface area (Å²) in [7, 11) is 1.20. The topological polar surface area (TPSA) is 66.7 Å². The minimum Gasteiger partial charge on any atom is -0.408 e. The molecule has 2 atom stereocenters. The maximum Gasteiger partial charge on any atom is 0.135 e.